The van der Waals surface area contributed by atoms with Gasteiger partial charge in [0.1, 0.15) is 5.69 Å². The van der Waals surface area contributed by atoms with Crippen LogP contribution in [0.4, 0.5) is 0 Å². The van der Waals surface area contributed by atoms with E-state index >= 15 is 0 Å². The molecule has 0 aliphatic carbocycles. The molecule has 66 valence electrons. The van der Waals surface area contributed by atoms with Gasteiger partial charge in [-0.3, -0.25) is 0 Å². The van der Waals surface area contributed by atoms with E-state index in [9.17, 15) is 4.79 Å². The molecule has 0 bridgehead atoms. The Morgan fingerprint density at radius 3 is 2.58 bits per heavy atom. The Labute approximate surface area is 76.7 Å². The first-order valence-electron chi connectivity index (χ1n) is 3.51. The molecule has 0 radical (unpaired) electrons. The second kappa shape index (κ2) is 3.23. The minimum absolute atomic E-state index is 0.332. The van der Waals surface area contributed by atoms with Crippen molar-refractivity contribution in [3.63, 3.8) is 0 Å². The molecule has 0 saturated heterocycles. The van der Waals surface area contributed by atoms with E-state index in [1.807, 2.05) is 6.92 Å². The minimum atomic E-state index is -0.332. The molecule has 0 fully saturated rings. The predicted octanol–water partition coefficient (Wildman–Crippen LogP) is 1.41. The van der Waals surface area contributed by atoms with Crippen molar-refractivity contribution < 1.29 is 9.53 Å². The highest BCUT2D eigenvalue weighted by atomic mass is 32.1. The number of esters is 1. The Bertz CT molecular complexity index is 317. The Morgan fingerprint density at radius 2 is 2.25 bits per heavy atom. The van der Waals surface area contributed by atoms with Gasteiger partial charge in [0.2, 0.25) is 0 Å². The molecule has 3 nitrogen and oxygen atoms in total. The van der Waals surface area contributed by atoms with Gasteiger partial charge in [0.25, 0.3) is 0 Å². The maximum Gasteiger partial charge on any atom is 0.354 e. The summed E-state index contributed by atoms with van der Waals surface area (Å²) in [5, 5.41) is 0. The van der Waals surface area contributed by atoms with Crippen LogP contribution in [0.15, 0.2) is 11.0 Å². The van der Waals surface area contributed by atoms with Gasteiger partial charge in [-0.15, -0.1) is 12.6 Å². The molecular weight excluding hydrogens is 174 g/mol. The van der Waals surface area contributed by atoms with Crippen molar-refractivity contribution in [3.05, 3.63) is 17.5 Å². The van der Waals surface area contributed by atoms with Crippen LogP contribution in [0.3, 0.4) is 0 Å². The topological polar surface area (TPSA) is 31.2 Å². The van der Waals surface area contributed by atoms with Crippen molar-refractivity contribution in [2.45, 2.75) is 11.8 Å². The second-order valence-corrected chi connectivity index (χ2v) is 3.03. The molecule has 1 aromatic heterocycles. The Kier molecular flexibility index (Phi) is 2.47. The lowest BCUT2D eigenvalue weighted by atomic mass is 10.4. The van der Waals surface area contributed by atoms with E-state index in [2.05, 4.69) is 17.4 Å². The summed E-state index contributed by atoms with van der Waals surface area (Å²) in [6.45, 7) is 1.90. The number of aromatic nitrogens is 1. The first-order chi connectivity index (χ1) is 5.57. The van der Waals surface area contributed by atoms with E-state index in [1.54, 1.807) is 17.7 Å². The number of hydrogen-bond donors (Lipinski definition) is 1. The molecule has 0 amide bonds. The van der Waals surface area contributed by atoms with Gasteiger partial charge in [0, 0.05) is 17.6 Å². The van der Waals surface area contributed by atoms with Crippen LogP contribution in [-0.2, 0) is 11.8 Å². The van der Waals surface area contributed by atoms with Crippen LogP contribution in [0.25, 0.3) is 0 Å². The van der Waals surface area contributed by atoms with Crippen LogP contribution < -0.4 is 0 Å². The number of carbonyl (C=O) groups excluding carboxylic acids is 1. The van der Waals surface area contributed by atoms with Gasteiger partial charge in [-0.2, -0.15) is 0 Å². The third-order valence-corrected chi connectivity index (χ3v) is 2.36. The predicted molar refractivity (Wildman–Crippen MR) is 48.7 cm³/mol. The number of hydrogen-bond acceptors (Lipinski definition) is 3. The summed E-state index contributed by atoms with van der Waals surface area (Å²) in [6.07, 6.45) is 0. The Balaban J connectivity index is 3.17. The van der Waals surface area contributed by atoms with Crippen molar-refractivity contribution in [1.82, 2.24) is 4.57 Å². The molecule has 0 unspecified atom stereocenters. The largest absolute Gasteiger partial charge is 0.464 e. The van der Waals surface area contributed by atoms with Crippen molar-refractivity contribution in [2.75, 3.05) is 7.11 Å². The van der Waals surface area contributed by atoms with E-state index in [4.69, 9.17) is 0 Å². The van der Waals surface area contributed by atoms with E-state index < -0.39 is 0 Å². The maximum absolute atomic E-state index is 11.1. The quantitative estimate of drug-likeness (QED) is 0.530. The highest BCUT2D eigenvalue weighted by molar-refractivity contribution is 7.80. The zero-order chi connectivity index (χ0) is 9.30. The molecule has 0 saturated carbocycles. The minimum Gasteiger partial charge on any atom is -0.464 e. The molecule has 0 aromatic carbocycles. The summed E-state index contributed by atoms with van der Waals surface area (Å²) in [6, 6.07) is 1.70. The van der Waals surface area contributed by atoms with E-state index in [-0.39, 0.29) is 5.97 Å². The van der Waals surface area contributed by atoms with Crippen molar-refractivity contribution >= 4 is 18.6 Å². The molecule has 0 spiro atoms. The summed E-state index contributed by atoms with van der Waals surface area (Å²) in [5.41, 5.74) is 1.48. The number of carbonyl (C=O) groups is 1. The zero-order valence-electron chi connectivity index (χ0n) is 7.29. The molecule has 0 aliphatic rings. The summed E-state index contributed by atoms with van der Waals surface area (Å²) in [4.78, 5) is 11.9. The number of rotatable bonds is 1. The van der Waals surface area contributed by atoms with Gasteiger partial charge < -0.3 is 9.30 Å². The third-order valence-electron chi connectivity index (χ3n) is 1.90. The van der Waals surface area contributed by atoms with E-state index in [1.165, 1.54) is 7.11 Å². The summed E-state index contributed by atoms with van der Waals surface area (Å²) < 4.78 is 6.35. The number of nitrogens with zero attached hydrogens (tertiary/aromatic N) is 1. The van der Waals surface area contributed by atoms with Crippen molar-refractivity contribution in [3.8, 4) is 0 Å². The molecule has 1 rings (SSSR count). The first-order valence-corrected chi connectivity index (χ1v) is 3.96. The van der Waals surface area contributed by atoms with Gasteiger partial charge in [-0.05, 0) is 13.0 Å². The lowest BCUT2D eigenvalue weighted by molar-refractivity contribution is 0.0589. The summed E-state index contributed by atoms with van der Waals surface area (Å²) in [7, 11) is 3.17. The normalized spacial score (nSPS) is 10.0. The Hall–Kier alpha value is -0.900. The van der Waals surface area contributed by atoms with E-state index in [0.717, 1.165) is 10.6 Å². The highest BCUT2D eigenvalue weighted by Crippen LogP contribution is 2.17. The van der Waals surface area contributed by atoms with Crippen LogP contribution in [0.2, 0.25) is 0 Å². The zero-order valence-corrected chi connectivity index (χ0v) is 8.18. The molecule has 4 heteroatoms. The van der Waals surface area contributed by atoms with Gasteiger partial charge in [-0.1, -0.05) is 0 Å². The summed E-state index contributed by atoms with van der Waals surface area (Å²) in [5.74, 6) is -0.332. The fourth-order valence-electron chi connectivity index (χ4n) is 0.984. The second-order valence-electron chi connectivity index (χ2n) is 2.55. The van der Waals surface area contributed by atoms with Crippen LogP contribution in [0.5, 0.6) is 0 Å². The van der Waals surface area contributed by atoms with Gasteiger partial charge in [-0.25, -0.2) is 4.79 Å². The van der Waals surface area contributed by atoms with Gasteiger partial charge >= 0.3 is 5.97 Å². The van der Waals surface area contributed by atoms with Crippen molar-refractivity contribution in [2.24, 2.45) is 7.05 Å². The van der Waals surface area contributed by atoms with E-state index in [0.29, 0.717) is 5.69 Å². The molecule has 1 heterocycles. The fourth-order valence-corrected chi connectivity index (χ4v) is 1.26. The molecule has 0 aliphatic heterocycles. The molecule has 0 N–H and O–H groups in total. The molecular formula is C8H11NO2S. The average Bonchev–Trinajstić information content (AvgIpc) is 2.32. The van der Waals surface area contributed by atoms with Crippen LogP contribution in [0, 0.1) is 6.92 Å². The number of ether oxygens (including phenoxy) is 1. The maximum atomic E-state index is 11.1. The van der Waals surface area contributed by atoms with Crippen LogP contribution in [0.1, 0.15) is 16.2 Å². The number of thiol groups is 1. The van der Waals surface area contributed by atoms with Gasteiger partial charge in [0.05, 0.1) is 7.11 Å². The molecule has 1 aromatic rings. The lowest BCUT2D eigenvalue weighted by Crippen LogP contribution is -2.07. The fraction of sp³-hybridized carbons (Fsp3) is 0.375. The smallest absolute Gasteiger partial charge is 0.354 e. The first kappa shape index (κ1) is 9.19. The average molecular weight is 185 g/mol. The monoisotopic (exact) mass is 185 g/mol. The summed E-state index contributed by atoms with van der Waals surface area (Å²) >= 11 is 4.19. The van der Waals surface area contributed by atoms with Crippen LogP contribution in [-0.4, -0.2) is 17.6 Å². The molecule has 0 atom stereocenters. The van der Waals surface area contributed by atoms with Gasteiger partial charge in [0.15, 0.2) is 0 Å². The standard InChI is InChI=1S/C8H11NO2S/c1-5-7(12)4-6(9(5)2)8(10)11-3/h4,12H,1-3H3. The van der Waals surface area contributed by atoms with Crippen molar-refractivity contribution in [1.29, 1.82) is 0 Å². The van der Waals surface area contributed by atoms with Crippen LogP contribution >= 0.6 is 12.6 Å². The number of methoxy groups -OCH3 is 1. The third kappa shape index (κ3) is 1.34. The highest BCUT2D eigenvalue weighted by Gasteiger charge is 2.13. The SMILES string of the molecule is COC(=O)c1cc(S)c(C)n1C. The Morgan fingerprint density at radius 1 is 1.67 bits per heavy atom. The molecule has 12 heavy (non-hydrogen) atoms. The lowest BCUT2D eigenvalue weighted by Gasteiger charge is -2.01.